The van der Waals surface area contributed by atoms with Crippen LogP contribution in [0, 0.1) is 24.7 Å². The summed E-state index contributed by atoms with van der Waals surface area (Å²) in [5, 5.41) is 6.23. The zero-order chi connectivity index (χ0) is 25.4. The van der Waals surface area contributed by atoms with Crippen molar-refractivity contribution in [1.29, 1.82) is 0 Å². The molecule has 8 nitrogen and oxygen atoms in total. The SMILES string of the molecule is COCCCN1C(=O)[C@H]2[C@H](C(=O)Nc3cccc(C)c3)[C@H]3C=C[C@@]2(O3)[C@@H]1C(=O)N[C@H]1CCCC[C@H]1C. The number of rotatable bonds is 8. The number of hydrogen-bond donors (Lipinski definition) is 2. The maximum absolute atomic E-state index is 13.9. The zero-order valence-corrected chi connectivity index (χ0v) is 21.4. The summed E-state index contributed by atoms with van der Waals surface area (Å²) >= 11 is 0. The second-order valence-corrected chi connectivity index (χ2v) is 10.8. The number of carbonyl (C=O) groups excluding carboxylic acids is 3. The van der Waals surface area contributed by atoms with Gasteiger partial charge in [0, 0.05) is 32.0 Å². The van der Waals surface area contributed by atoms with Crippen LogP contribution in [0.1, 0.15) is 44.6 Å². The molecular formula is C28H37N3O5. The summed E-state index contributed by atoms with van der Waals surface area (Å²) in [4.78, 5) is 42.8. The Hall–Kier alpha value is -2.71. The van der Waals surface area contributed by atoms with Gasteiger partial charge >= 0.3 is 0 Å². The number of hydrogen-bond acceptors (Lipinski definition) is 5. The lowest BCUT2D eigenvalue weighted by molar-refractivity contribution is -0.141. The largest absolute Gasteiger partial charge is 0.385 e. The van der Waals surface area contributed by atoms with Crippen LogP contribution in [0.5, 0.6) is 0 Å². The molecule has 3 heterocycles. The van der Waals surface area contributed by atoms with Gasteiger partial charge < -0.3 is 25.0 Å². The molecule has 2 N–H and O–H groups in total. The molecule has 1 spiro atoms. The van der Waals surface area contributed by atoms with Crippen molar-refractivity contribution in [3.63, 3.8) is 0 Å². The molecule has 1 saturated carbocycles. The van der Waals surface area contributed by atoms with E-state index in [1.54, 1.807) is 12.0 Å². The Morgan fingerprint density at radius 3 is 2.78 bits per heavy atom. The first-order chi connectivity index (χ1) is 17.4. The number of ether oxygens (including phenoxy) is 2. The predicted molar refractivity (Wildman–Crippen MR) is 135 cm³/mol. The third-order valence-corrected chi connectivity index (χ3v) is 8.40. The first kappa shape index (κ1) is 25.0. The Balaban J connectivity index is 1.42. The Kier molecular flexibility index (Phi) is 6.92. The van der Waals surface area contributed by atoms with Gasteiger partial charge in [-0.2, -0.15) is 0 Å². The van der Waals surface area contributed by atoms with E-state index in [9.17, 15) is 14.4 Å². The average molecular weight is 496 g/mol. The smallest absolute Gasteiger partial charge is 0.246 e. The third kappa shape index (κ3) is 4.24. The molecule has 0 unspecified atom stereocenters. The molecule has 2 bridgehead atoms. The Bertz CT molecular complexity index is 1060. The van der Waals surface area contributed by atoms with E-state index in [1.807, 2.05) is 43.3 Å². The van der Waals surface area contributed by atoms with Crippen LogP contribution in [0.15, 0.2) is 36.4 Å². The molecule has 3 amide bonds. The fourth-order valence-corrected chi connectivity index (χ4v) is 6.63. The van der Waals surface area contributed by atoms with Crippen LogP contribution < -0.4 is 10.6 Å². The monoisotopic (exact) mass is 495 g/mol. The number of anilines is 1. The van der Waals surface area contributed by atoms with E-state index in [0.29, 0.717) is 31.2 Å². The molecule has 3 aliphatic heterocycles. The standard InChI is InChI=1S/C28H37N3O5/c1-17-8-6-10-19(16-17)29-25(32)22-21-12-13-28(36-21)23(22)27(34)31(14-7-15-35-3)24(28)26(33)30-20-11-5-4-9-18(20)2/h6,8,10,12-13,16,18,20-24H,4-5,7,9,11,14-15H2,1-3H3,(H,29,32)(H,30,33)/t18-,20+,21-,22-,23-,24+,28+/m1/s1. The molecule has 0 aromatic heterocycles. The topological polar surface area (TPSA) is 97.0 Å². The van der Waals surface area contributed by atoms with Crippen molar-refractivity contribution in [2.24, 2.45) is 17.8 Å². The number of methoxy groups -OCH3 is 1. The molecule has 194 valence electrons. The molecule has 3 fully saturated rings. The van der Waals surface area contributed by atoms with Crippen LogP contribution in [-0.2, 0) is 23.9 Å². The number of amides is 3. The normalized spacial score (nSPS) is 34.6. The van der Waals surface area contributed by atoms with Crippen molar-refractivity contribution in [3.8, 4) is 0 Å². The molecule has 1 aromatic rings. The highest BCUT2D eigenvalue weighted by molar-refractivity contribution is 6.02. The van der Waals surface area contributed by atoms with Gasteiger partial charge in [-0.25, -0.2) is 0 Å². The Morgan fingerprint density at radius 1 is 1.22 bits per heavy atom. The lowest BCUT2D eigenvalue weighted by Gasteiger charge is -2.36. The zero-order valence-electron chi connectivity index (χ0n) is 21.4. The van der Waals surface area contributed by atoms with Crippen molar-refractivity contribution in [2.45, 2.75) is 69.7 Å². The Labute approximate surface area is 212 Å². The van der Waals surface area contributed by atoms with Crippen LogP contribution in [0.2, 0.25) is 0 Å². The average Bonchev–Trinajstić information content (AvgIpc) is 3.48. The first-order valence-electron chi connectivity index (χ1n) is 13.2. The maximum Gasteiger partial charge on any atom is 0.246 e. The highest BCUT2D eigenvalue weighted by atomic mass is 16.5. The van der Waals surface area contributed by atoms with Gasteiger partial charge in [0.25, 0.3) is 0 Å². The van der Waals surface area contributed by atoms with Gasteiger partial charge in [-0.1, -0.05) is 44.1 Å². The Morgan fingerprint density at radius 2 is 2.03 bits per heavy atom. The lowest BCUT2D eigenvalue weighted by Crippen LogP contribution is -2.57. The number of benzene rings is 1. The summed E-state index contributed by atoms with van der Waals surface area (Å²) in [5.74, 6) is -1.68. The molecular weight excluding hydrogens is 458 g/mol. The summed E-state index contributed by atoms with van der Waals surface area (Å²) in [6, 6.07) is 6.85. The molecule has 0 radical (unpaired) electrons. The van der Waals surface area contributed by atoms with E-state index in [1.165, 1.54) is 6.42 Å². The van der Waals surface area contributed by atoms with Gasteiger partial charge in [0.1, 0.15) is 11.6 Å². The van der Waals surface area contributed by atoms with Crippen LogP contribution in [0.3, 0.4) is 0 Å². The van der Waals surface area contributed by atoms with E-state index < -0.39 is 29.6 Å². The van der Waals surface area contributed by atoms with Gasteiger partial charge in [0.2, 0.25) is 17.7 Å². The van der Waals surface area contributed by atoms with Gasteiger partial charge in [-0.3, -0.25) is 14.4 Å². The number of fused-ring (bicyclic) bond motifs is 1. The maximum atomic E-state index is 13.9. The number of aryl methyl sites for hydroxylation is 1. The summed E-state index contributed by atoms with van der Waals surface area (Å²) in [7, 11) is 1.62. The first-order valence-corrected chi connectivity index (χ1v) is 13.2. The molecule has 5 rings (SSSR count). The molecule has 8 heteroatoms. The highest BCUT2D eigenvalue weighted by Crippen LogP contribution is 2.55. The van der Waals surface area contributed by atoms with Gasteiger partial charge in [-0.15, -0.1) is 0 Å². The van der Waals surface area contributed by atoms with Crippen LogP contribution in [0.25, 0.3) is 0 Å². The number of nitrogens with zero attached hydrogens (tertiary/aromatic N) is 1. The summed E-state index contributed by atoms with van der Waals surface area (Å²) in [6.45, 7) is 4.98. The summed E-state index contributed by atoms with van der Waals surface area (Å²) < 4.78 is 11.6. The summed E-state index contributed by atoms with van der Waals surface area (Å²) in [6.07, 6.45) is 8.07. The molecule has 7 atom stereocenters. The van der Waals surface area contributed by atoms with Crippen molar-refractivity contribution < 1.29 is 23.9 Å². The van der Waals surface area contributed by atoms with E-state index in [0.717, 1.165) is 24.8 Å². The van der Waals surface area contributed by atoms with Crippen molar-refractivity contribution in [1.82, 2.24) is 10.2 Å². The van der Waals surface area contributed by atoms with Gasteiger partial charge in [-0.05, 0) is 49.8 Å². The van der Waals surface area contributed by atoms with E-state index in [4.69, 9.17) is 9.47 Å². The molecule has 36 heavy (non-hydrogen) atoms. The number of carbonyl (C=O) groups is 3. The van der Waals surface area contributed by atoms with Crippen molar-refractivity contribution in [2.75, 3.05) is 25.6 Å². The molecule has 1 aromatic carbocycles. The quantitative estimate of drug-likeness (QED) is 0.427. The molecule has 4 aliphatic rings. The predicted octanol–water partition coefficient (Wildman–Crippen LogP) is 2.82. The van der Waals surface area contributed by atoms with E-state index >= 15 is 0 Å². The third-order valence-electron chi connectivity index (χ3n) is 8.40. The second-order valence-electron chi connectivity index (χ2n) is 10.8. The van der Waals surface area contributed by atoms with E-state index in [2.05, 4.69) is 17.6 Å². The minimum Gasteiger partial charge on any atom is -0.385 e. The van der Waals surface area contributed by atoms with Crippen LogP contribution >= 0.6 is 0 Å². The van der Waals surface area contributed by atoms with E-state index in [-0.39, 0.29) is 23.8 Å². The molecule has 2 saturated heterocycles. The fourth-order valence-electron chi connectivity index (χ4n) is 6.63. The number of nitrogens with one attached hydrogen (secondary N) is 2. The highest BCUT2D eigenvalue weighted by Gasteiger charge is 2.72. The van der Waals surface area contributed by atoms with Crippen molar-refractivity contribution >= 4 is 23.4 Å². The number of likely N-dealkylation sites (tertiary alicyclic amines) is 1. The van der Waals surface area contributed by atoms with Crippen LogP contribution in [0.4, 0.5) is 5.69 Å². The molecule has 1 aliphatic carbocycles. The lowest BCUT2D eigenvalue weighted by atomic mass is 9.74. The minimum absolute atomic E-state index is 0.0839. The van der Waals surface area contributed by atoms with Gasteiger partial charge in [0.05, 0.1) is 17.9 Å². The fraction of sp³-hybridized carbons (Fsp3) is 0.607. The second kappa shape index (κ2) is 9.98. The van der Waals surface area contributed by atoms with Crippen molar-refractivity contribution in [3.05, 3.63) is 42.0 Å². The van der Waals surface area contributed by atoms with Gasteiger partial charge in [0.15, 0.2) is 0 Å². The minimum atomic E-state index is -1.13. The van der Waals surface area contributed by atoms with Crippen LogP contribution in [-0.4, -0.2) is 66.7 Å². The summed E-state index contributed by atoms with van der Waals surface area (Å²) in [5.41, 5.74) is 0.581.